The highest BCUT2D eigenvalue weighted by molar-refractivity contribution is 7.99. The molecule has 0 aromatic carbocycles. The molecule has 1 saturated carbocycles. The second-order valence-electron chi connectivity index (χ2n) is 5.57. The van der Waals surface area contributed by atoms with Crippen molar-refractivity contribution in [2.24, 2.45) is 0 Å². The Balaban J connectivity index is 1.76. The minimum Gasteiger partial charge on any atom is -0.335 e. The van der Waals surface area contributed by atoms with Gasteiger partial charge in [-0.15, -0.1) is 16.8 Å². The van der Waals surface area contributed by atoms with Crippen LogP contribution >= 0.6 is 11.8 Å². The summed E-state index contributed by atoms with van der Waals surface area (Å²) in [6, 6.07) is -0.228. The van der Waals surface area contributed by atoms with E-state index in [1.807, 2.05) is 11.5 Å². The summed E-state index contributed by atoms with van der Waals surface area (Å²) >= 11 is 1.25. The highest BCUT2D eigenvalue weighted by Gasteiger charge is 2.17. The molecule has 8 heteroatoms. The number of thioether (sulfide) groups is 1. The first-order chi connectivity index (χ1) is 11.1. The summed E-state index contributed by atoms with van der Waals surface area (Å²) in [6.07, 6.45) is 7.21. The molecule has 0 unspecified atom stereocenters. The van der Waals surface area contributed by atoms with E-state index in [1.165, 1.54) is 18.2 Å². The quantitative estimate of drug-likeness (QED) is 0.612. The SMILES string of the molecule is C=CCn1c(C)nnc1SCC(=O)NC(=O)NC1CCCCC1. The van der Waals surface area contributed by atoms with Gasteiger partial charge in [-0.05, 0) is 19.8 Å². The Bertz CT molecular complexity index is 566. The summed E-state index contributed by atoms with van der Waals surface area (Å²) in [4.78, 5) is 23.7. The largest absolute Gasteiger partial charge is 0.335 e. The Morgan fingerprint density at radius 2 is 2.09 bits per heavy atom. The first-order valence-corrected chi connectivity index (χ1v) is 8.82. The monoisotopic (exact) mass is 337 g/mol. The third-order valence-electron chi connectivity index (χ3n) is 3.74. The summed E-state index contributed by atoms with van der Waals surface area (Å²) < 4.78 is 1.87. The van der Waals surface area contributed by atoms with Gasteiger partial charge in [0, 0.05) is 12.6 Å². The summed E-state index contributed by atoms with van der Waals surface area (Å²) in [6.45, 7) is 6.12. The third kappa shape index (κ3) is 5.38. The van der Waals surface area contributed by atoms with E-state index in [9.17, 15) is 9.59 Å². The zero-order valence-corrected chi connectivity index (χ0v) is 14.2. The number of allylic oxidation sites excluding steroid dienone is 1. The molecule has 0 aliphatic heterocycles. The van der Waals surface area contributed by atoms with Crippen molar-refractivity contribution in [3.63, 3.8) is 0 Å². The van der Waals surface area contributed by atoms with Crippen molar-refractivity contribution in [1.29, 1.82) is 0 Å². The fourth-order valence-electron chi connectivity index (χ4n) is 2.57. The van der Waals surface area contributed by atoms with E-state index >= 15 is 0 Å². The van der Waals surface area contributed by atoms with Gasteiger partial charge in [0.05, 0.1) is 5.75 Å². The standard InChI is InChI=1S/C15H23N5O2S/c1-3-9-20-11(2)18-19-15(20)23-10-13(21)17-14(22)16-12-7-5-4-6-8-12/h3,12H,1,4-10H2,2H3,(H2,16,17,21,22). The van der Waals surface area contributed by atoms with E-state index in [4.69, 9.17) is 0 Å². The van der Waals surface area contributed by atoms with E-state index in [0.29, 0.717) is 11.7 Å². The van der Waals surface area contributed by atoms with Crippen molar-refractivity contribution in [3.8, 4) is 0 Å². The van der Waals surface area contributed by atoms with Gasteiger partial charge in [-0.3, -0.25) is 10.1 Å². The topological polar surface area (TPSA) is 88.9 Å². The maximum absolute atomic E-state index is 11.9. The van der Waals surface area contributed by atoms with Crippen molar-refractivity contribution in [1.82, 2.24) is 25.4 Å². The van der Waals surface area contributed by atoms with Crippen LogP contribution in [0.1, 0.15) is 37.9 Å². The third-order valence-corrected chi connectivity index (χ3v) is 4.71. The van der Waals surface area contributed by atoms with E-state index < -0.39 is 6.03 Å². The number of amides is 3. The number of nitrogens with one attached hydrogen (secondary N) is 2. The lowest BCUT2D eigenvalue weighted by atomic mass is 9.96. The van der Waals surface area contributed by atoms with Crippen molar-refractivity contribution in [2.75, 3.05) is 5.75 Å². The molecule has 1 aliphatic rings. The second-order valence-corrected chi connectivity index (χ2v) is 6.52. The molecular weight excluding hydrogens is 314 g/mol. The van der Waals surface area contributed by atoms with Crippen molar-refractivity contribution < 1.29 is 9.59 Å². The lowest BCUT2D eigenvalue weighted by Crippen LogP contribution is -2.45. The van der Waals surface area contributed by atoms with E-state index in [1.54, 1.807) is 6.08 Å². The average molecular weight is 337 g/mol. The molecule has 0 bridgehead atoms. The van der Waals surface area contributed by atoms with Crippen LogP contribution in [0.15, 0.2) is 17.8 Å². The molecule has 0 spiro atoms. The molecule has 1 heterocycles. The Hall–Kier alpha value is -1.83. The van der Waals surface area contributed by atoms with Crippen LogP contribution in [0.25, 0.3) is 0 Å². The minimum absolute atomic E-state index is 0.118. The smallest absolute Gasteiger partial charge is 0.321 e. The number of aryl methyl sites for hydroxylation is 1. The number of urea groups is 1. The molecule has 1 aromatic rings. The fourth-order valence-corrected chi connectivity index (χ4v) is 3.36. The minimum atomic E-state index is -0.411. The molecule has 23 heavy (non-hydrogen) atoms. The Morgan fingerprint density at radius 1 is 1.35 bits per heavy atom. The highest BCUT2D eigenvalue weighted by atomic mass is 32.2. The van der Waals surface area contributed by atoms with E-state index in [2.05, 4.69) is 27.4 Å². The van der Waals surface area contributed by atoms with Crippen LogP contribution in [0.2, 0.25) is 0 Å². The van der Waals surface area contributed by atoms with Crippen LogP contribution in [0.5, 0.6) is 0 Å². The molecule has 1 aliphatic carbocycles. The van der Waals surface area contributed by atoms with Gasteiger partial charge in [0.25, 0.3) is 0 Å². The van der Waals surface area contributed by atoms with Crippen LogP contribution in [0.4, 0.5) is 4.79 Å². The number of imide groups is 1. The molecule has 2 rings (SSSR count). The number of hydrogen-bond donors (Lipinski definition) is 2. The Kier molecular flexibility index (Phi) is 6.64. The zero-order valence-electron chi connectivity index (χ0n) is 13.4. The van der Waals surface area contributed by atoms with Crippen LogP contribution in [0.3, 0.4) is 0 Å². The fraction of sp³-hybridized carbons (Fsp3) is 0.600. The maximum Gasteiger partial charge on any atom is 0.321 e. The normalized spacial score (nSPS) is 15.2. The molecule has 0 saturated heterocycles. The lowest BCUT2D eigenvalue weighted by molar-refractivity contribution is -0.117. The van der Waals surface area contributed by atoms with E-state index in [-0.39, 0.29) is 17.7 Å². The summed E-state index contributed by atoms with van der Waals surface area (Å²) in [5.41, 5.74) is 0. The Labute approximate surface area is 140 Å². The molecule has 2 N–H and O–H groups in total. The summed E-state index contributed by atoms with van der Waals surface area (Å²) in [5.74, 6) is 0.546. The maximum atomic E-state index is 11.9. The summed E-state index contributed by atoms with van der Waals surface area (Å²) in [5, 5.41) is 13.9. The van der Waals surface area contributed by atoms with Crippen LogP contribution in [0, 0.1) is 6.92 Å². The summed E-state index contributed by atoms with van der Waals surface area (Å²) in [7, 11) is 0. The number of rotatable bonds is 6. The second kappa shape index (κ2) is 8.71. The predicted octanol–water partition coefficient (Wildman–Crippen LogP) is 2.02. The molecule has 3 amide bonds. The number of carbonyl (C=O) groups excluding carboxylic acids is 2. The Morgan fingerprint density at radius 3 is 2.78 bits per heavy atom. The molecule has 0 atom stereocenters. The van der Waals surface area contributed by atoms with Crippen LogP contribution in [-0.4, -0.2) is 38.5 Å². The molecule has 1 fully saturated rings. The first-order valence-electron chi connectivity index (χ1n) is 7.84. The average Bonchev–Trinajstić information content (AvgIpc) is 2.87. The van der Waals surface area contributed by atoms with Gasteiger partial charge in [-0.2, -0.15) is 0 Å². The van der Waals surface area contributed by atoms with Crippen molar-refractivity contribution in [2.45, 2.75) is 56.8 Å². The number of carbonyl (C=O) groups is 2. The lowest BCUT2D eigenvalue weighted by Gasteiger charge is -2.22. The van der Waals surface area contributed by atoms with Gasteiger partial charge in [-0.1, -0.05) is 37.1 Å². The van der Waals surface area contributed by atoms with Gasteiger partial charge in [0.1, 0.15) is 5.82 Å². The van der Waals surface area contributed by atoms with Gasteiger partial charge in [0.2, 0.25) is 5.91 Å². The zero-order chi connectivity index (χ0) is 16.7. The molecular formula is C15H23N5O2S. The first kappa shape index (κ1) is 17.5. The van der Waals surface area contributed by atoms with Gasteiger partial charge >= 0.3 is 6.03 Å². The highest BCUT2D eigenvalue weighted by Crippen LogP contribution is 2.18. The van der Waals surface area contributed by atoms with Crippen molar-refractivity contribution in [3.05, 3.63) is 18.5 Å². The number of hydrogen-bond acceptors (Lipinski definition) is 5. The van der Waals surface area contributed by atoms with Crippen molar-refractivity contribution >= 4 is 23.7 Å². The number of aromatic nitrogens is 3. The van der Waals surface area contributed by atoms with E-state index in [0.717, 1.165) is 31.5 Å². The molecule has 126 valence electrons. The van der Waals surface area contributed by atoms with Crippen LogP contribution in [-0.2, 0) is 11.3 Å². The molecule has 7 nitrogen and oxygen atoms in total. The predicted molar refractivity (Wildman–Crippen MR) is 89.2 cm³/mol. The van der Waals surface area contributed by atoms with Gasteiger partial charge < -0.3 is 9.88 Å². The van der Waals surface area contributed by atoms with Gasteiger partial charge in [-0.25, -0.2) is 4.79 Å². The molecule has 0 radical (unpaired) electrons. The van der Waals surface area contributed by atoms with Gasteiger partial charge in [0.15, 0.2) is 5.16 Å². The number of nitrogens with zero attached hydrogens (tertiary/aromatic N) is 3. The van der Waals surface area contributed by atoms with Crippen LogP contribution < -0.4 is 10.6 Å². The molecule has 1 aromatic heterocycles.